The highest BCUT2D eigenvalue weighted by Crippen LogP contribution is 2.17. The van der Waals surface area contributed by atoms with Gasteiger partial charge in [-0.1, -0.05) is 282 Å². The molecule has 0 fully saturated rings. The summed E-state index contributed by atoms with van der Waals surface area (Å²) in [5, 5.41) is 23.2. The van der Waals surface area contributed by atoms with Crippen molar-refractivity contribution in [2.45, 2.75) is 341 Å². The van der Waals surface area contributed by atoms with Gasteiger partial charge >= 0.3 is 5.97 Å². The van der Waals surface area contributed by atoms with Crippen molar-refractivity contribution in [2.24, 2.45) is 0 Å². The number of nitrogens with one attached hydrogen (secondary N) is 1. The first-order valence-corrected chi connectivity index (χ1v) is 30.1. The summed E-state index contributed by atoms with van der Waals surface area (Å²) in [7, 11) is 0. The van der Waals surface area contributed by atoms with Crippen LogP contribution in [-0.4, -0.2) is 47.4 Å². The van der Waals surface area contributed by atoms with Crippen LogP contribution in [0.25, 0.3) is 0 Å². The predicted molar refractivity (Wildman–Crippen MR) is 292 cm³/mol. The first kappa shape index (κ1) is 65.3. The Morgan fingerprint density at radius 3 is 1.06 bits per heavy atom. The Morgan fingerprint density at radius 1 is 0.403 bits per heavy atom. The third-order valence-corrected chi connectivity index (χ3v) is 14.0. The third-order valence-electron chi connectivity index (χ3n) is 14.0. The van der Waals surface area contributed by atoms with Crippen molar-refractivity contribution in [3.8, 4) is 0 Å². The molecule has 0 aromatic carbocycles. The third kappa shape index (κ3) is 53.5. The van der Waals surface area contributed by atoms with Crippen LogP contribution in [0.4, 0.5) is 0 Å². The normalized spacial score (nSPS) is 12.7. The zero-order chi connectivity index (χ0) is 48.6. The van der Waals surface area contributed by atoms with Gasteiger partial charge < -0.3 is 20.3 Å². The molecule has 0 spiro atoms. The Balaban J connectivity index is 3.49. The summed E-state index contributed by atoms with van der Waals surface area (Å²) >= 11 is 0. The van der Waals surface area contributed by atoms with Crippen LogP contribution in [0.3, 0.4) is 0 Å². The highest BCUT2D eigenvalue weighted by atomic mass is 16.5. The van der Waals surface area contributed by atoms with E-state index in [-0.39, 0.29) is 18.5 Å². The lowest BCUT2D eigenvalue weighted by molar-refractivity contribution is -0.143. The second kappa shape index (κ2) is 56.9. The molecule has 3 N–H and O–H groups in total. The van der Waals surface area contributed by atoms with E-state index in [2.05, 4.69) is 31.3 Å². The summed E-state index contributed by atoms with van der Waals surface area (Å²) in [5.41, 5.74) is 0. The maximum absolute atomic E-state index is 12.5. The molecule has 0 heterocycles. The number of aliphatic hydroxyl groups is 2. The van der Waals surface area contributed by atoms with Crippen LogP contribution in [-0.2, 0) is 14.3 Å². The summed E-state index contributed by atoms with van der Waals surface area (Å²) in [4.78, 5) is 24.5. The fraction of sp³-hybridized carbons (Fsp3) is 0.902. The lowest BCUT2D eigenvalue weighted by Gasteiger charge is -2.20. The minimum atomic E-state index is -0.853. The van der Waals surface area contributed by atoms with Gasteiger partial charge in [-0.2, -0.15) is 0 Å². The number of rotatable bonds is 56. The number of esters is 1. The Labute approximate surface area is 418 Å². The number of hydrogen-bond donors (Lipinski definition) is 3. The van der Waals surface area contributed by atoms with E-state index in [4.69, 9.17) is 4.74 Å². The average Bonchev–Trinajstić information content (AvgIpc) is 3.33. The summed E-state index contributed by atoms with van der Waals surface area (Å²) in [5.74, 6) is -0.0773. The van der Waals surface area contributed by atoms with Gasteiger partial charge in [0, 0.05) is 12.8 Å². The second-order valence-electron chi connectivity index (χ2n) is 20.7. The number of amides is 1. The van der Waals surface area contributed by atoms with Crippen LogP contribution in [0.2, 0.25) is 0 Å². The van der Waals surface area contributed by atoms with Crippen molar-refractivity contribution in [1.82, 2.24) is 5.32 Å². The molecule has 0 aliphatic carbocycles. The van der Waals surface area contributed by atoms with Gasteiger partial charge in [0.1, 0.15) is 0 Å². The molecule has 1 amide bonds. The summed E-state index contributed by atoms with van der Waals surface area (Å²) in [6.07, 6.45) is 69.2. The molecule has 0 saturated heterocycles. The van der Waals surface area contributed by atoms with Crippen molar-refractivity contribution in [2.75, 3.05) is 13.2 Å². The number of carbonyl (C=O) groups is 2. The maximum atomic E-state index is 12.5. The van der Waals surface area contributed by atoms with Gasteiger partial charge in [-0.05, 0) is 57.8 Å². The zero-order valence-corrected chi connectivity index (χ0v) is 45.1. The van der Waals surface area contributed by atoms with E-state index in [9.17, 15) is 19.8 Å². The lowest BCUT2D eigenvalue weighted by Crippen LogP contribution is -2.45. The molecular weight excluding hydrogens is 827 g/mol. The smallest absolute Gasteiger partial charge is 0.305 e. The van der Waals surface area contributed by atoms with Crippen molar-refractivity contribution in [3.63, 3.8) is 0 Å². The number of hydrogen-bond acceptors (Lipinski definition) is 5. The van der Waals surface area contributed by atoms with Gasteiger partial charge in [0.05, 0.1) is 25.4 Å². The molecule has 0 aliphatic rings. The van der Waals surface area contributed by atoms with E-state index in [0.29, 0.717) is 19.4 Å². The minimum Gasteiger partial charge on any atom is -0.466 e. The Hall–Kier alpha value is -1.66. The van der Waals surface area contributed by atoms with E-state index in [1.807, 2.05) is 6.08 Å². The van der Waals surface area contributed by atoms with Crippen LogP contribution in [0.5, 0.6) is 0 Å². The van der Waals surface area contributed by atoms with Crippen molar-refractivity contribution in [1.29, 1.82) is 0 Å². The fourth-order valence-electron chi connectivity index (χ4n) is 9.34. The number of allylic oxidation sites excluding steroid dienone is 3. The van der Waals surface area contributed by atoms with Gasteiger partial charge in [0.25, 0.3) is 0 Å². The SMILES string of the molecule is CCCCCCCCCCCCCCCCCCCCC/C=C/C(O)C(CO)NC(=O)CCCCCCC/C=C\CCCCCCCCCCCOC(=O)CCCCCCCCCCCCC. The molecule has 2 unspecified atom stereocenters. The Bertz CT molecular complexity index is 1040. The molecule has 2 atom stereocenters. The number of unbranched alkanes of at least 4 members (excludes halogenated alkanes) is 43. The van der Waals surface area contributed by atoms with E-state index in [1.54, 1.807) is 6.08 Å². The molecule has 0 aromatic heterocycles. The zero-order valence-electron chi connectivity index (χ0n) is 45.1. The molecule has 67 heavy (non-hydrogen) atoms. The largest absolute Gasteiger partial charge is 0.466 e. The standard InChI is InChI=1S/C61H117NO5/c1-3-5-7-9-11-13-15-16-17-18-19-20-21-24-27-30-34-37-41-45-49-53-59(64)58(57-63)62-60(65)54-50-46-42-38-35-31-28-25-22-23-26-29-32-36-40-44-48-52-56-67-61(66)55-51-47-43-39-33-14-12-10-8-6-4-2/h25,28,49,53,58-59,63-64H,3-24,26-27,29-48,50-52,54-57H2,1-2H3,(H,62,65)/b28-25-,53-49+. The molecule has 6 heteroatoms. The molecule has 0 aliphatic heterocycles. The first-order valence-electron chi connectivity index (χ1n) is 30.1. The Morgan fingerprint density at radius 2 is 0.701 bits per heavy atom. The van der Waals surface area contributed by atoms with Gasteiger partial charge in [-0.15, -0.1) is 0 Å². The van der Waals surface area contributed by atoms with Crippen molar-refractivity contribution >= 4 is 11.9 Å². The Kier molecular flexibility index (Phi) is 55.5. The van der Waals surface area contributed by atoms with Crippen LogP contribution in [0.1, 0.15) is 328 Å². The molecule has 6 nitrogen and oxygen atoms in total. The molecule has 0 rings (SSSR count). The molecule has 0 saturated carbocycles. The van der Waals surface area contributed by atoms with Crippen molar-refractivity contribution < 1.29 is 24.5 Å². The minimum absolute atomic E-state index is 0.00216. The molecule has 0 radical (unpaired) electrons. The molecule has 396 valence electrons. The average molecular weight is 945 g/mol. The predicted octanol–water partition coefficient (Wildman–Crippen LogP) is 18.6. The molecule has 0 bridgehead atoms. The quantitative estimate of drug-likeness (QED) is 0.0321. The first-order chi connectivity index (χ1) is 33.0. The van der Waals surface area contributed by atoms with Crippen LogP contribution in [0.15, 0.2) is 24.3 Å². The van der Waals surface area contributed by atoms with Gasteiger partial charge in [-0.3, -0.25) is 9.59 Å². The molecule has 0 aromatic rings. The number of carbonyl (C=O) groups excluding carboxylic acids is 2. The maximum Gasteiger partial charge on any atom is 0.305 e. The highest BCUT2D eigenvalue weighted by molar-refractivity contribution is 5.76. The van der Waals surface area contributed by atoms with Gasteiger partial charge in [0.2, 0.25) is 5.91 Å². The van der Waals surface area contributed by atoms with E-state index >= 15 is 0 Å². The topological polar surface area (TPSA) is 95.9 Å². The lowest BCUT2D eigenvalue weighted by atomic mass is 10.0. The fourth-order valence-corrected chi connectivity index (χ4v) is 9.34. The van der Waals surface area contributed by atoms with Crippen LogP contribution < -0.4 is 5.32 Å². The second-order valence-corrected chi connectivity index (χ2v) is 20.7. The van der Waals surface area contributed by atoms with Gasteiger partial charge in [-0.25, -0.2) is 0 Å². The van der Waals surface area contributed by atoms with Crippen LogP contribution >= 0.6 is 0 Å². The summed E-state index contributed by atoms with van der Waals surface area (Å²) < 4.78 is 5.46. The van der Waals surface area contributed by atoms with E-state index in [1.165, 1.54) is 244 Å². The summed E-state index contributed by atoms with van der Waals surface area (Å²) in [6, 6.07) is -0.638. The molecular formula is C61H117NO5. The highest BCUT2D eigenvalue weighted by Gasteiger charge is 2.18. The van der Waals surface area contributed by atoms with Crippen LogP contribution in [0, 0.1) is 0 Å². The number of ether oxygens (including phenoxy) is 1. The van der Waals surface area contributed by atoms with E-state index in [0.717, 1.165) is 57.8 Å². The van der Waals surface area contributed by atoms with Gasteiger partial charge in [0.15, 0.2) is 0 Å². The number of aliphatic hydroxyl groups excluding tert-OH is 2. The summed E-state index contributed by atoms with van der Waals surface area (Å²) in [6.45, 7) is 4.90. The van der Waals surface area contributed by atoms with E-state index < -0.39 is 12.1 Å². The monoisotopic (exact) mass is 944 g/mol. The van der Waals surface area contributed by atoms with Crippen molar-refractivity contribution in [3.05, 3.63) is 24.3 Å².